The van der Waals surface area contributed by atoms with Crippen LogP contribution >= 0.6 is 0 Å². The Morgan fingerprint density at radius 2 is 2.00 bits per heavy atom. The lowest BCUT2D eigenvalue weighted by Crippen LogP contribution is -1.87. The number of hydrogen-bond acceptors (Lipinski definition) is 2. The molecule has 1 heterocycles. The number of nitrogen functional groups attached to an aromatic ring is 1. The normalized spacial score (nSPS) is 8.54. The second kappa shape index (κ2) is 6.23. The maximum atomic E-state index is 5.49. The highest BCUT2D eigenvalue weighted by Crippen LogP contribution is 2.11. The number of allylic oxidation sites excluding steroid dienone is 1. The number of aromatic nitrogens is 1. The lowest BCUT2D eigenvalue weighted by molar-refractivity contribution is 1.09. The average Bonchev–Trinajstić information content (AvgIpc) is 2.05. The van der Waals surface area contributed by atoms with Crippen molar-refractivity contribution in [3.05, 3.63) is 30.6 Å². The molecule has 0 spiro atoms. The summed E-state index contributed by atoms with van der Waals surface area (Å²) in [5, 5.41) is 0. The summed E-state index contributed by atoms with van der Waals surface area (Å²) in [4.78, 5) is 3.92. The number of anilines is 1. The topological polar surface area (TPSA) is 38.9 Å². The number of pyridine rings is 1. The first kappa shape index (κ1) is 11.7. The highest BCUT2D eigenvalue weighted by molar-refractivity contribution is 5.63. The molecule has 0 fully saturated rings. The van der Waals surface area contributed by atoms with Gasteiger partial charge in [-0.15, -0.1) is 0 Å². The molecule has 2 N–H and O–H groups in total. The van der Waals surface area contributed by atoms with Crippen LogP contribution in [0.5, 0.6) is 0 Å². The Labute approximate surface area is 80.5 Å². The summed E-state index contributed by atoms with van der Waals surface area (Å²) < 4.78 is 0. The van der Waals surface area contributed by atoms with Crippen LogP contribution in [0.4, 0.5) is 5.69 Å². The molecular weight excluding hydrogens is 160 g/mol. The Kier molecular flexibility index (Phi) is 5.60. The van der Waals surface area contributed by atoms with Crippen molar-refractivity contribution in [2.45, 2.75) is 27.2 Å². The van der Waals surface area contributed by atoms with Crippen molar-refractivity contribution in [2.75, 3.05) is 5.73 Å². The van der Waals surface area contributed by atoms with Gasteiger partial charge in [-0.2, -0.15) is 0 Å². The van der Waals surface area contributed by atoms with Gasteiger partial charge in [0.2, 0.25) is 0 Å². The molecule has 1 aromatic heterocycles. The third kappa shape index (κ3) is 5.01. The third-order valence-corrected chi connectivity index (χ3v) is 1.25. The molecule has 1 aromatic rings. The molecule has 13 heavy (non-hydrogen) atoms. The van der Waals surface area contributed by atoms with Gasteiger partial charge < -0.3 is 5.73 Å². The van der Waals surface area contributed by atoms with E-state index >= 15 is 0 Å². The largest absolute Gasteiger partial charge is 0.397 e. The van der Waals surface area contributed by atoms with Gasteiger partial charge in [0, 0.05) is 12.4 Å². The summed E-state index contributed by atoms with van der Waals surface area (Å²) in [6.45, 7) is 9.95. The van der Waals surface area contributed by atoms with Crippen LogP contribution in [0, 0.1) is 0 Å². The Balaban J connectivity index is 0.000000424. The second-order valence-electron chi connectivity index (χ2n) is 2.99. The monoisotopic (exact) mass is 178 g/mol. The fraction of sp³-hybridized carbons (Fsp3) is 0.364. The van der Waals surface area contributed by atoms with Crippen molar-refractivity contribution in [1.29, 1.82) is 0 Å². The predicted octanol–water partition coefficient (Wildman–Crippen LogP) is 3.11. The molecule has 0 bridgehead atoms. The first-order chi connectivity index (χ1) is 6.11. The van der Waals surface area contributed by atoms with Crippen LogP contribution in [-0.4, -0.2) is 4.98 Å². The van der Waals surface area contributed by atoms with Crippen LogP contribution in [0.1, 0.15) is 32.8 Å². The molecule has 0 saturated carbocycles. The molecule has 2 heteroatoms. The number of rotatable bonds is 1. The van der Waals surface area contributed by atoms with Crippen molar-refractivity contribution >= 4 is 11.3 Å². The lowest BCUT2D eigenvalue weighted by Gasteiger charge is -1.97. The van der Waals surface area contributed by atoms with Gasteiger partial charge in [-0.05, 0) is 24.1 Å². The fourth-order valence-electron chi connectivity index (χ4n) is 0.691. The number of nitrogens with two attached hydrogens (primary N) is 1. The van der Waals surface area contributed by atoms with Crippen LogP contribution in [0.25, 0.3) is 5.57 Å². The van der Waals surface area contributed by atoms with E-state index in [-0.39, 0.29) is 0 Å². The second-order valence-corrected chi connectivity index (χ2v) is 2.99. The molecule has 72 valence electrons. The standard InChI is InChI=1S/C8H10N2.C3H8/c1-6(2)7-3-8(9)5-10-4-7;1-3-2/h3-5H,1,9H2,2H3;3H2,1-2H3. The molecule has 0 saturated heterocycles. The van der Waals surface area contributed by atoms with Gasteiger partial charge in [0.05, 0.1) is 5.69 Å². The Bertz CT molecular complexity index is 267. The quantitative estimate of drug-likeness (QED) is 0.717. The van der Waals surface area contributed by atoms with E-state index < -0.39 is 0 Å². The van der Waals surface area contributed by atoms with Crippen molar-refractivity contribution in [3.8, 4) is 0 Å². The molecule has 2 nitrogen and oxygen atoms in total. The molecule has 1 rings (SSSR count). The molecule has 0 aliphatic heterocycles. The molecule has 0 radical (unpaired) electrons. The van der Waals surface area contributed by atoms with Gasteiger partial charge in [0.15, 0.2) is 0 Å². The van der Waals surface area contributed by atoms with Crippen LogP contribution in [0.2, 0.25) is 0 Å². The summed E-state index contributed by atoms with van der Waals surface area (Å²) >= 11 is 0. The molecular formula is C11H18N2. The van der Waals surface area contributed by atoms with E-state index in [9.17, 15) is 0 Å². The first-order valence-electron chi connectivity index (χ1n) is 4.48. The van der Waals surface area contributed by atoms with E-state index in [1.165, 1.54) is 6.42 Å². The highest BCUT2D eigenvalue weighted by atomic mass is 14.7. The predicted molar refractivity (Wildman–Crippen MR) is 59.3 cm³/mol. The van der Waals surface area contributed by atoms with E-state index in [0.29, 0.717) is 5.69 Å². The zero-order valence-electron chi connectivity index (χ0n) is 8.67. The minimum Gasteiger partial charge on any atom is -0.397 e. The zero-order valence-corrected chi connectivity index (χ0v) is 8.67. The summed E-state index contributed by atoms with van der Waals surface area (Å²) in [5.74, 6) is 0. The van der Waals surface area contributed by atoms with Gasteiger partial charge in [0.25, 0.3) is 0 Å². The van der Waals surface area contributed by atoms with E-state index in [1.54, 1.807) is 12.4 Å². The van der Waals surface area contributed by atoms with Crippen LogP contribution in [0.3, 0.4) is 0 Å². The van der Waals surface area contributed by atoms with Gasteiger partial charge in [-0.3, -0.25) is 4.98 Å². The minimum absolute atomic E-state index is 0.681. The van der Waals surface area contributed by atoms with Crippen LogP contribution in [0.15, 0.2) is 25.0 Å². The van der Waals surface area contributed by atoms with E-state index in [2.05, 4.69) is 25.4 Å². The number of nitrogens with zero attached hydrogens (tertiary/aromatic N) is 1. The Morgan fingerprint density at radius 1 is 1.46 bits per heavy atom. The average molecular weight is 178 g/mol. The smallest absolute Gasteiger partial charge is 0.0506 e. The highest BCUT2D eigenvalue weighted by Gasteiger charge is 1.92. The fourth-order valence-corrected chi connectivity index (χ4v) is 0.691. The minimum atomic E-state index is 0.681. The molecule has 0 amide bonds. The first-order valence-corrected chi connectivity index (χ1v) is 4.48. The van der Waals surface area contributed by atoms with E-state index in [1.807, 2.05) is 13.0 Å². The van der Waals surface area contributed by atoms with Crippen molar-refractivity contribution < 1.29 is 0 Å². The van der Waals surface area contributed by atoms with Crippen molar-refractivity contribution in [3.63, 3.8) is 0 Å². The van der Waals surface area contributed by atoms with E-state index in [4.69, 9.17) is 5.73 Å². The van der Waals surface area contributed by atoms with Crippen molar-refractivity contribution in [2.24, 2.45) is 0 Å². The zero-order chi connectivity index (χ0) is 10.3. The summed E-state index contributed by atoms with van der Waals surface area (Å²) in [7, 11) is 0. The summed E-state index contributed by atoms with van der Waals surface area (Å²) in [5.41, 5.74) is 8.16. The van der Waals surface area contributed by atoms with Crippen molar-refractivity contribution in [1.82, 2.24) is 4.98 Å². The third-order valence-electron chi connectivity index (χ3n) is 1.25. The Morgan fingerprint density at radius 3 is 2.31 bits per heavy atom. The summed E-state index contributed by atoms with van der Waals surface area (Å²) in [6.07, 6.45) is 4.62. The lowest BCUT2D eigenvalue weighted by atomic mass is 10.1. The number of hydrogen-bond donors (Lipinski definition) is 1. The van der Waals surface area contributed by atoms with Crippen LogP contribution in [-0.2, 0) is 0 Å². The molecule has 0 atom stereocenters. The molecule has 0 aliphatic rings. The summed E-state index contributed by atoms with van der Waals surface area (Å²) in [6, 6.07) is 1.86. The molecule has 0 unspecified atom stereocenters. The maximum Gasteiger partial charge on any atom is 0.0506 e. The van der Waals surface area contributed by atoms with Gasteiger partial charge >= 0.3 is 0 Å². The maximum absolute atomic E-state index is 5.49. The van der Waals surface area contributed by atoms with E-state index in [0.717, 1.165) is 11.1 Å². The SMILES string of the molecule is C=C(C)c1cncc(N)c1.CCC. The Hall–Kier alpha value is -1.31. The molecule has 0 aromatic carbocycles. The van der Waals surface area contributed by atoms with Gasteiger partial charge in [-0.1, -0.05) is 26.8 Å². The van der Waals surface area contributed by atoms with Gasteiger partial charge in [-0.25, -0.2) is 0 Å². The molecule has 0 aliphatic carbocycles. The van der Waals surface area contributed by atoms with Crippen LogP contribution < -0.4 is 5.73 Å². The van der Waals surface area contributed by atoms with Gasteiger partial charge in [0.1, 0.15) is 0 Å².